The lowest BCUT2D eigenvalue weighted by atomic mass is 10.0. The Morgan fingerprint density at radius 3 is 2.71 bits per heavy atom. The van der Waals surface area contributed by atoms with E-state index in [2.05, 4.69) is 51.7 Å². The molecule has 21 heavy (non-hydrogen) atoms. The molecule has 3 rings (SSSR count). The molecular formula is C16H18BrNO2S. The molecule has 1 aromatic heterocycles. The standard InChI is InChI=1S/C16H18BrNO2S/c1-2-18-16(15-5-3-8-21-15)11-9-13-14(10-12(11)17)20-7-4-6-19-13/h3,5,8-10,16,18H,2,4,6-7H2,1H3. The van der Waals surface area contributed by atoms with Crippen molar-refractivity contribution in [2.45, 2.75) is 19.4 Å². The molecule has 1 aromatic carbocycles. The Bertz CT molecular complexity index is 601. The van der Waals surface area contributed by atoms with Gasteiger partial charge in [-0.1, -0.05) is 28.9 Å². The molecular weight excluding hydrogens is 350 g/mol. The predicted molar refractivity (Wildman–Crippen MR) is 89.6 cm³/mol. The Morgan fingerprint density at radius 1 is 1.29 bits per heavy atom. The third kappa shape index (κ3) is 3.25. The molecule has 1 unspecified atom stereocenters. The third-order valence-corrected chi connectivity index (χ3v) is 5.04. The van der Waals surface area contributed by atoms with Crippen LogP contribution in [0.2, 0.25) is 0 Å². The van der Waals surface area contributed by atoms with Gasteiger partial charge >= 0.3 is 0 Å². The number of rotatable bonds is 4. The maximum absolute atomic E-state index is 5.82. The number of fused-ring (bicyclic) bond motifs is 1. The predicted octanol–water partition coefficient (Wildman–Crippen LogP) is 4.37. The van der Waals surface area contributed by atoms with Gasteiger partial charge in [-0.2, -0.15) is 0 Å². The van der Waals surface area contributed by atoms with Crippen LogP contribution in [0.5, 0.6) is 11.5 Å². The van der Waals surface area contributed by atoms with Gasteiger partial charge in [-0.15, -0.1) is 11.3 Å². The summed E-state index contributed by atoms with van der Waals surface area (Å²) >= 11 is 5.45. The van der Waals surface area contributed by atoms with Crippen molar-refractivity contribution in [2.75, 3.05) is 19.8 Å². The molecule has 1 aliphatic heterocycles. The molecule has 0 fully saturated rings. The van der Waals surface area contributed by atoms with E-state index in [9.17, 15) is 0 Å². The highest BCUT2D eigenvalue weighted by molar-refractivity contribution is 9.10. The van der Waals surface area contributed by atoms with E-state index in [1.165, 1.54) is 10.4 Å². The van der Waals surface area contributed by atoms with Gasteiger partial charge in [-0.25, -0.2) is 0 Å². The van der Waals surface area contributed by atoms with Crippen molar-refractivity contribution in [3.8, 4) is 11.5 Å². The summed E-state index contributed by atoms with van der Waals surface area (Å²) < 4.78 is 12.6. The third-order valence-electron chi connectivity index (χ3n) is 3.41. The molecule has 0 bridgehead atoms. The minimum Gasteiger partial charge on any atom is -0.490 e. The molecule has 112 valence electrons. The van der Waals surface area contributed by atoms with Gasteiger partial charge in [0.05, 0.1) is 19.3 Å². The first-order valence-corrected chi connectivity index (χ1v) is 8.82. The van der Waals surface area contributed by atoms with Crippen LogP contribution in [0.1, 0.15) is 29.8 Å². The fourth-order valence-electron chi connectivity index (χ4n) is 2.44. The van der Waals surface area contributed by atoms with Crippen LogP contribution in [0.4, 0.5) is 0 Å². The van der Waals surface area contributed by atoms with Crippen molar-refractivity contribution in [1.29, 1.82) is 0 Å². The Balaban J connectivity index is 2.01. The van der Waals surface area contributed by atoms with Gasteiger partial charge in [0, 0.05) is 15.8 Å². The smallest absolute Gasteiger partial charge is 0.162 e. The monoisotopic (exact) mass is 367 g/mol. The maximum Gasteiger partial charge on any atom is 0.162 e. The molecule has 2 aromatic rings. The number of hydrogen-bond acceptors (Lipinski definition) is 4. The van der Waals surface area contributed by atoms with E-state index in [1.807, 2.05) is 6.07 Å². The lowest BCUT2D eigenvalue weighted by molar-refractivity contribution is 0.297. The molecule has 3 nitrogen and oxygen atoms in total. The minimum atomic E-state index is 0.168. The highest BCUT2D eigenvalue weighted by Gasteiger charge is 2.21. The number of nitrogens with one attached hydrogen (secondary N) is 1. The zero-order valence-corrected chi connectivity index (χ0v) is 14.3. The summed E-state index contributed by atoms with van der Waals surface area (Å²) in [6.07, 6.45) is 0.920. The molecule has 1 atom stereocenters. The van der Waals surface area contributed by atoms with Crippen LogP contribution in [0.25, 0.3) is 0 Å². The van der Waals surface area contributed by atoms with E-state index in [-0.39, 0.29) is 6.04 Å². The summed E-state index contributed by atoms with van der Waals surface area (Å²) in [6.45, 7) is 4.44. The van der Waals surface area contributed by atoms with Gasteiger partial charge in [-0.3, -0.25) is 0 Å². The van der Waals surface area contributed by atoms with Gasteiger partial charge < -0.3 is 14.8 Å². The van der Waals surface area contributed by atoms with Crippen LogP contribution in [-0.4, -0.2) is 19.8 Å². The van der Waals surface area contributed by atoms with E-state index in [1.54, 1.807) is 11.3 Å². The number of thiophene rings is 1. The van der Waals surface area contributed by atoms with Crippen molar-refractivity contribution >= 4 is 27.3 Å². The summed E-state index contributed by atoms with van der Waals surface area (Å²) in [4.78, 5) is 1.30. The summed E-state index contributed by atoms with van der Waals surface area (Å²) in [5.74, 6) is 1.66. The second-order valence-corrected chi connectivity index (χ2v) is 6.71. The van der Waals surface area contributed by atoms with E-state index in [0.29, 0.717) is 13.2 Å². The van der Waals surface area contributed by atoms with Crippen molar-refractivity contribution < 1.29 is 9.47 Å². The largest absolute Gasteiger partial charge is 0.490 e. The van der Waals surface area contributed by atoms with E-state index in [4.69, 9.17) is 9.47 Å². The van der Waals surface area contributed by atoms with Gasteiger partial charge in [-0.05, 0) is 35.7 Å². The number of halogens is 1. The van der Waals surface area contributed by atoms with Crippen LogP contribution >= 0.6 is 27.3 Å². The molecule has 0 amide bonds. The zero-order valence-electron chi connectivity index (χ0n) is 11.9. The first-order chi connectivity index (χ1) is 10.3. The van der Waals surface area contributed by atoms with E-state index < -0.39 is 0 Å². The maximum atomic E-state index is 5.82. The lowest BCUT2D eigenvalue weighted by Gasteiger charge is -2.20. The highest BCUT2D eigenvalue weighted by Crippen LogP contribution is 2.39. The quantitative estimate of drug-likeness (QED) is 0.869. The Kier molecular flexibility index (Phi) is 4.83. The van der Waals surface area contributed by atoms with Crippen molar-refractivity contribution in [2.24, 2.45) is 0 Å². The van der Waals surface area contributed by atoms with Gasteiger partial charge in [0.2, 0.25) is 0 Å². The minimum absolute atomic E-state index is 0.168. The molecule has 0 saturated carbocycles. The molecule has 0 aliphatic carbocycles. The summed E-state index contributed by atoms with van der Waals surface area (Å²) in [7, 11) is 0. The van der Waals surface area contributed by atoms with E-state index in [0.717, 1.165) is 28.9 Å². The Labute approximate surface area is 137 Å². The molecule has 0 saturated heterocycles. The van der Waals surface area contributed by atoms with Crippen molar-refractivity contribution in [1.82, 2.24) is 5.32 Å². The van der Waals surface area contributed by atoms with Crippen LogP contribution in [0.3, 0.4) is 0 Å². The summed E-state index contributed by atoms with van der Waals surface area (Å²) in [5.41, 5.74) is 1.18. The Hall–Kier alpha value is -1.04. The molecule has 0 radical (unpaired) electrons. The SMILES string of the molecule is CCNC(c1cccs1)c1cc2c(cc1Br)OCCCO2. The summed E-state index contributed by atoms with van der Waals surface area (Å²) in [6, 6.07) is 8.53. The Morgan fingerprint density at radius 2 is 2.05 bits per heavy atom. The molecule has 1 N–H and O–H groups in total. The molecule has 2 heterocycles. The number of hydrogen-bond donors (Lipinski definition) is 1. The van der Waals surface area contributed by atoms with Crippen LogP contribution in [-0.2, 0) is 0 Å². The van der Waals surface area contributed by atoms with Gasteiger partial charge in [0.25, 0.3) is 0 Å². The average molecular weight is 368 g/mol. The first-order valence-electron chi connectivity index (χ1n) is 7.15. The molecule has 0 spiro atoms. The topological polar surface area (TPSA) is 30.5 Å². The van der Waals surface area contributed by atoms with Crippen LogP contribution in [0.15, 0.2) is 34.1 Å². The summed E-state index contributed by atoms with van der Waals surface area (Å²) in [5, 5.41) is 5.66. The van der Waals surface area contributed by atoms with Crippen molar-refractivity contribution in [3.05, 3.63) is 44.6 Å². The van der Waals surface area contributed by atoms with Crippen LogP contribution in [0, 0.1) is 0 Å². The zero-order chi connectivity index (χ0) is 14.7. The second kappa shape index (κ2) is 6.81. The fourth-order valence-corrected chi connectivity index (χ4v) is 3.81. The number of ether oxygens (including phenoxy) is 2. The van der Waals surface area contributed by atoms with Crippen molar-refractivity contribution in [3.63, 3.8) is 0 Å². The van der Waals surface area contributed by atoms with E-state index >= 15 is 0 Å². The fraction of sp³-hybridized carbons (Fsp3) is 0.375. The van der Waals surface area contributed by atoms with Gasteiger partial charge in [0.1, 0.15) is 0 Å². The molecule has 5 heteroatoms. The normalized spacial score (nSPS) is 15.5. The number of benzene rings is 1. The highest BCUT2D eigenvalue weighted by atomic mass is 79.9. The average Bonchev–Trinajstić information content (AvgIpc) is 2.91. The lowest BCUT2D eigenvalue weighted by Crippen LogP contribution is -2.21. The first kappa shape index (κ1) is 14.9. The molecule has 1 aliphatic rings. The van der Waals surface area contributed by atoms with Crippen LogP contribution < -0.4 is 14.8 Å². The van der Waals surface area contributed by atoms with Gasteiger partial charge in [0.15, 0.2) is 11.5 Å². The second-order valence-electron chi connectivity index (χ2n) is 4.88.